The molecule has 0 amide bonds. The van der Waals surface area contributed by atoms with Crippen LogP contribution in [0.1, 0.15) is 12.5 Å². The van der Waals surface area contributed by atoms with E-state index in [4.69, 9.17) is 5.73 Å². The van der Waals surface area contributed by atoms with Crippen molar-refractivity contribution in [3.8, 4) is 0 Å². The largest absolute Gasteiger partial charge is 0.328 e. The van der Waals surface area contributed by atoms with Gasteiger partial charge in [-0.3, -0.25) is 0 Å². The van der Waals surface area contributed by atoms with E-state index in [0.29, 0.717) is 12.0 Å². The Kier molecular flexibility index (Phi) is 5.02. The van der Waals surface area contributed by atoms with Crippen LogP contribution in [0.15, 0.2) is 56.7 Å². The first kappa shape index (κ1) is 14.6. The van der Waals surface area contributed by atoms with Gasteiger partial charge in [0.05, 0.1) is 0 Å². The zero-order chi connectivity index (χ0) is 13.8. The maximum atomic E-state index is 13.9. The van der Waals surface area contributed by atoms with Crippen molar-refractivity contribution < 1.29 is 4.39 Å². The Balaban J connectivity index is 2.29. The van der Waals surface area contributed by atoms with E-state index in [1.54, 1.807) is 17.8 Å². The fourth-order valence-electron chi connectivity index (χ4n) is 1.78. The van der Waals surface area contributed by atoms with Crippen LogP contribution in [0.4, 0.5) is 4.39 Å². The second-order valence-electron chi connectivity index (χ2n) is 4.45. The maximum Gasteiger partial charge on any atom is 0.127 e. The van der Waals surface area contributed by atoms with Crippen molar-refractivity contribution in [2.24, 2.45) is 5.73 Å². The SMILES string of the molecule is CC(N)Cc1c(F)cccc1Sc1ccc(Br)cc1. The minimum Gasteiger partial charge on any atom is -0.328 e. The van der Waals surface area contributed by atoms with Gasteiger partial charge in [0.25, 0.3) is 0 Å². The minimum absolute atomic E-state index is 0.0545. The van der Waals surface area contributed by atoms with Crippen molar-refractivity contribution in [3.05, 3.63) is 58.3 Å². The van der Waals surface area contributed by atoms with Gasteiger partial charge in [0.1, 0.15) is 5.82 Å². The third-order valence-electron chi connectivity index (χ3n) is 2.64. The normalized spacial score (nSPS) is 12.4. The zero-order valence-electron chi connectivity index (χ0n) is 10.6. The molecule has 0 bridgehead atoms. The second-order valence-corrected chi connectivity index (χ2v) is 6.48. The molecule has 0 aliphatic rings. The van der Waals surface area contributed by atoms with Crippen LogP contribution >= 0.6 is 27.7 Å². The number of hydrogen-bond acceptors (Lipinski definition) is 2. The first-order valence-corrected chi connectivity index (χ1v) is 7.63. The molecule has 1 nitrogen and oxygen atoms in total. The van der Waals surface area contributed by atoms with Crippen LogP contribution in [0.3, 0.4) is 0 Å². The molecule has 0 saturated heterocycles. The number of hydrogen-bond donors (Lipinski definition) is 1. The lowest BCUT2D eigenvalue weighted by atomic mass is 10.1. The van der Waals surface area contributed by atoms with Crippen molar-refractivity contribution in [1.29, 1.82) is 0 Å². The summed E-state index contributed by atoms with van der Waals surface area (Å²) < 4.78 is 14.9. The van der Waals surface area contributed by atoms with Crippen LogP contribution in [0, 0.1) is 5.82 Å². The summed E-state index contributed by atoms with van der Waals surface area (Å²) in [5.74, 6) is -0.181. The van der Waals surface area contributed by atoms with E-state index in [9.17, 15) is 4.39 Å². The molecule has 1 atom stereocenters. The number of rotatable bonds is 4. The van der Waals surface area contributed by atoms with Crippen LogP contribution in [-0.2, 0) is 6.42 Å². The van der Waals surface area contributed by atoms with E-state index in [1.807, 2.05) is 37.3 Å². The molecular weight excluding hydrogens is 325 g/mol. The molecule has 0 saturated carbocycles. The number of halogens is 2. The van der Waals surface area contributed by atoms with Gasteiger partial charge >= 0.3 is 0 Å². The van der Waals surface area contributed by atoms with E-state index in [-0.39, 0.29) is 11.9 Å². The highest BCUT2D eigenvalue weighted by molar-refractivity contribution is 9.10. The lowest BCUT2D eigenvalue weighted by Crippen LogP contribution is -2.19. The summed E-state index contributed by atoms with van der Waals surface area (Å²) in [5.41, 5.74) is 6.49. The number of nitrogens with two attached hydrogens (primary N) is 1. The molecule has 2 aromatic rings. The molecular formula is C15H15BrFNS. The van der Waals surface area contributed by atoms with Gasteiger partial charge in [-0.2, -0.15) is 0 Å². The van der Waals surface area contributed by atoms with Gasteiger partial charge in [-0.25, -0.2) is 4.39 Å². The highest BCUT2D eigenvalue weighted by atomic mass is 79.9. The molecule has 0 fully saturated rings. The fourth-order valence-corrected chi connectivity index (χ4v) is 3.03. The highest BCUT2D eigenvalue weighted by Gasteiger charge is 2.11. The highest BCUT2D eigenvalue weighted by Crippen LogP contribution is 2.32. The molecule has 4 heteroatoms. The Hall–Kier alpha value is -0.840. The molecule has 0 aliphatic heterocycles. The summed E-state index contributed by atoms with van der Waals surface area (Å²) in [7, 11) is 0. The van der Waals surface area contributed by atoms with Crippen molar-refractivity contribution in [2.75, 3.05) is 0 Å². The summed E-state index contributed by atoms with van der Waals surface area (Å²) in [6, 6.07) is 13.1. The van der Waals surface area contributed by atoms with E-state index >= 15 is 0 Å². The van der Waals surface area contributed by atoms with Crippen molar-refractivity contribution in [3.63, 3.8) is 0 Å². The quantitative estimate of drug-likeness (QED) is 0.878. The third kappa shape index (κ3) is 4.06. The monoisotopic (exact) mass is 339 g/mol. The van der Waals surface area contributed by atoms with Gasteiger partial charge in [0.2, 0.25) is 0 Å². The molecule has 19 heavy (non-hydrogen) atoms. The third-order valence-corrected chi connectivity index (χ3v) is 4.28. The Morgan fingerprint density at radius 2 is 1.89 bits per heavy atom. The first-order chi connectivity index (χ1) is 9.06. The molecule has 0 aromatic heterocycles. The van der Waals surface area contributed by atoms with E-state index in [0.717, 1.165) is 14.3 Å². The molecule has 0 spiro atoms. The zero-order valence-corrected chi connectivity index (χ0v) is 13.0. The summed E-state index contributed by atoms with van der Waals surface area (Å²) in [4.78, 5) is 2.01. The van der Waals surface area contributed by atoms with Crippen LogP contribution in [0.5, 0.6) is 0 Å². The van der Waals surface area contributed by atoms with E-state index < -0.39 is 0 Å². The van der Waals surface area contributed by atoms with Crippen LogP contribution in [0.25, 0.3) is 0 Å². The summed E-state index contributed by atoms with van der Waals surface area (Å²) in [5, 5.41) is 0. The van der Waals surface area contributed by atoms with Crippen molar-refractivity contribution >= 4 is 27.7 Å². The van der Waals surface area contributed by atoms with Gasteiger partial charge in [-0.15, -0.1) is 0 Å². The topological polar surface area (TPSA) is 26.0 Å². The molecule has 0 aliphatic carbocycles. The predicted octanol–water partition coefficient (Wildman–Crippen LogP) is 4.63. The summed E-state index contributed by atoms with van der Waals surface area (Å²) >= 11 is 4.97. The summed E-state index contributed by atoms with van der Waals surface area (Å²) in [6.07, 6.45) is 0.547. The summed E-state index contributed by atoms with van der Waals surface area (Å²) in [6.45, 7) is 1.89. The Labute approximate surface area is 125 Å². The molecule has 2 N–H and O–H groups in total. The smallest absolute Gasteiger partial charge is 0.127 e. The molecule has 0 heterocycles. The van der Waals surface area contributed by atoms with Gasteiger partial charge in [0, 0.05) is 25.9 Å². The lowest BCUT2D eigenvalue weighted by Gasteiger charge is -2.12. The average Bonchev–Trinajstić information content (AvgIpc) is 2.36. The Morgan fingerprint density at radius 1 is 1.21 bits per heavy atom. The van der Waals surface area contributed by atoms with E-state index in [2.05, 4.69) is 15.9 Å². The van der Waals surface area contributed by atoms with Crippen LogP contribution in [-0.4, -0.2) is 6.04 Å². The van der Waals surface area contributed by atoms with Gasteiger partial charge < -0.3 is 5.73 Å². The first-order valence-electron chi connectivity index (χ1n) is 6.02. The van der Waals surface area contributed by atoms with Crippen LogP contribution < -0.4 is 5.73 Å². The number of benzene rings is 2. The molecule has 100 valence electrons. The minimum atomic E-state index is -0.181. The van der Waals surface area contributed by atoms with Crippen molar-refractivity contribution in [1.82, 2.24) is 0 Å². The van der Waals surface area contributed by atoms with Gasteiger partial charge in [-0.1, -0.05) is 33.8 Å². The van der Waals surface area contributed by atoms with Gasteiger partial charge in [-0.05, 0) is 49.7 Å². The van der Waals surface area contributed by atoms with Crippen LogP contribution in [0.2, 0.25) is 0 Å². The molecule has 1 unspecified atom stereocenters. The Bertz CT molecular complexity index is 555. The molecule has 2 aromatic carbocycles. The standard InChI is InChI=1S/C15H15BrFNS/c1-10(18)9-13-14(17)3-2-4-15(13)19-12-7-5-11(16)6-8-12/h2-8,10H,9,18H2,1H3. The van der Waals surface area contributed by atoms with Crippen molar-refractivity contribution in [2.45, 2.75) is 29.2 Å². The average molecular weight is 340 g/mol. The van der Waals surface area contributed by atoms with Gasteiger partial charge in [0.15, 0.2) is 0 Å². The molecule has 2 rings (SSSR count). The lowest BCUT2D eigenvalue weighted by molar-refractivity contribution is 0.588. The fraction of sp³-hybridized carbons (Fsp3) is 0.200. The maximum absolute atomic E-state index is 13.9. The Morgan fingerprint density at radius 3 is 2.53 bits per heavy atom. The molecule has 0 radical (unpaired) electrons. The second kappa shape index (κ2) is 6.55. The predicted molar refractivity (Wildman–Crippen MR) is 82.0 cm³/mol. The van der Waals surface area contributed by atoms with E-state index in [1.165, 1.54) is 6.07 Å².